The van der Waals surface area contributed by atoms with Gasteiger partial charge < -0.3 is 14.8 Å². The zero-order chi connectivity index (χ0) is 15.9. The van der Waals surface area contributed by atoms with Gasteiger partial charge in [-0.3, -0.25) is 4.79 Å². The molecule has 1 aromatic carbocycles. The lowest BCUT2D eigenvalue weighted by Gasteiger charge is -2.15. The maximum Gasteiger partial charge on any atom is 0.340 e. The fourth-order valence-electron chi connectivity index (χ4n) is 1.67. The molecule has 1 heterocycles. The maximum atomic E-state index is 11.9. The van der Waals surface area contributed by atoms with Gasteiger partial charge in [0, 0.05) is 10.2 Å². The van der Waals surface area contributed by atoms with Crippen molar-refractivity contribution in [3.05, 3.63) is 51.5 Å². The van der Waals surface area contributed by atoms with Crippen LogP contribution in [0.3, 0.4) is 0 Å². The van der Waals surface area contributed by atoms with Crippen molar-refractivity contribution in [2.45, 2.75) is 0 Å². The molecule has 0 aromatic heterocycles. The van der Waals surface area contributed by atoms with Crippen LogP contribution in [0.2, 0.25) is 0 Å². The summed E-state index contributed by atoms with van der Waals surface area (Å²) in [6, 6.07) is 7.17. The molecule has 0 saturated heterocycles. The summed E-state index contributed by atoms with van der Waals surface area (Å²) in [6.07, 6.45) is 3.48. The van der Waals surface area contributed by atoms with Gasteiger partial charge >= 0.3 is 5.97 Å². The van der Waals surface area contributed by atoms with Gasteiger partial charge in [0.2, 0.25) is 0 Å². The smallest absolute Gasteiger partial charge is 0.340 e. The largest absolute Gasteiger partial charge is 0.484 e. The molecule has 22 heavy (non-hydrogen) atoms. The SMILES string of the molecule is COC(=O)C1=C(NC(=O)COc2ccc(Br)cc2)SCC=C1. The van der Waals surface area contributed by atoms with Gasteiger partial charge in [0.25, 0.3) is 5.91 Å². The summed E-state index contributed by atoms with van der Waals surface area (Å²) in [5, 5.41) is 3.17. The van der Waals surface area contributed by atoms with Gasteiger partial charge in [-0.05, 0) is 30.3 Å². The highest BCUT2D eigenvalue weighted by Crippen LogP contribution is 2.24. The van der Waals surface area contributed by atoms with Gasteiger partial charge in [-0.1, -0.05) is 22.0 Å². The predicted molar refractivity (Wildman–Crippen MR) is 88.4 cm³/mol. The van der Waals surface area contributed by atoms with Crippen LogP contribution in [0.1, 0.15) is 0 Å². The topological polar surface area (TPSA) is 64.6 Å². The van der Waals surface area contributed by atoms with Crippen molar-refractivity contribution in [3.63, 3.8) is 0 Å². The van der Waals surface area contributed by atoms with E-state index < -0.39 is 5.97 Å². The minimum Gasteiger partial charge on any atom is -0.484 e. The highest BCUT2D eigenvalue weighted by Gasteiger charge is 2.18. The molecule has 1 aliphatic rings. The van der Waals surface area contributed by atoms with E-state index in [1.54, 1.807) is 18.2 Å². The van der Waals surface area contributed by atoms with Crippen molar-refractivity contribution < 1.29 is 19.1 Å². The minimum atomic E-state index is -0.479. The van der Waals surface area contributed by atoms with E-state index in [-0.39, 0.29) is 12.5 Å². The normalized spacial score (nSPS) is 13.7. The van der Waals surface area contributed by atoms with Crippen LogP contribution in [0.5, 0.6) is 5.75 Å². The molecule has 0 saturated carbocycles. The van der Waals surface area contributed by atoms with Crippen LogP contribution in [0, 0.1) is 0 Å². The van der Waals surface area contributed by atoms with Gasteiger partial charge in [-0.25, -0.2) is 4.79 Å². The number of amides is 1. The van der Waals surface area contributed by atoms with E-state index in [0.717, 1.165) is 4.47 Å². The lowest BCUT2D eigenvalue weighted by Crippen LogP contribution is -2.29. The molecule has 2 rings (SSSR count). The lowest BCUT2D eigenvalue weighted by atomic mass is 10.2. The fraction of sp³-hybridized carbons (Fsp3) is 0.200. The number of hydrogen-bond acceptors (Lipinski definition) is 5. The molecular formula is C15H14BrNO4S. The van der Waals surface area contributed by atoms with E-state index in [1.165, 1.54) is 18.9 Å². The molecule has 0 radical (unpaired) electrons. The third kappa shape index (κ3) is 4.64. The Labute approximate surface area is 140 Å². The van der Waals surface area contributed by atoms with Crippen LogP contribution in [0.4, 0.5) is 0 Å². The Morgan fingerprint density at radius 3 is 2.73 bits per heavy atom. The maximum absolute atomic E-state index is 11.9. The van der Waals surface area contributed by atoms with E-state index in [4.69, 9.17) is 9.47 Å². The Bertz CT molecular complexity index is 625. The van der Waals surface area contributed by atoms with Crippen LogP contribution in [-0.2, 0) is 14.3 Å². The predicted octanol–water partition coefficient (Wildman–Crippen LogP) is 2.63. The van der Waals surface area contributed by atoms with Crippen molar-refractivity contribution in [2.75, 3.05) is 19.5 Å². The molecule has 1 amide bonds. The summed E-state index contributed by atoms with van der Waals surface area (Å²) in [7, 11) is 1.30. The number of hydrogen-bond donors (Lipinski definition) is 1. The number of carbonyl (C=O) groups excluding carboxylic acids is 2. The zero-order valence-corrected chi connectivity index (χ0v) is 14.2. The molecule has 116 valence electrons. The minimum absolute atomic E-state index is 0.135. The third-order valence-corrected chi connectivity index (χ3v) is 4.19. The van der Waals surface area contributed by atoms with Gasteiger partial charge in [-0.2, -0.15) is 0 Å². The summed E-state index contributed by atoms with van der Waals surface area (Å²) in [4.78, 5) is 23.6. The summed E-state index contributed by atoms with van der Waals surface area (Å²) in [5.74, 6) is 0.468. The number of thioether (sulfide) groups is 1. The number of halogens is 1. The Morgan fingerprint density at radius 2 is 2.05 bits per heavy atom. The van der Waals surface area contributed by atoms with Crippen molar-refractivity contribution in [3.8, 4) is 5.75 Å². The summed E-state index contributed by atoms with van der Waals surface area (Å²) >= 11 is 4.69. The third-order valence-electron chi connectivity index (χ3n) is 2.69. The molecular weight excluding hydrogens is 370 g/mol. The summed E-state index contributed by atoms with van der Waals surface area (Å²) < 4.78 is 11.0. The van der Waals surface area contributed by atoms with Crippen LogP contribution in [0.15, 0.2) is 51.5 Å². The van der Waals surface area contributed by atoms with Gasteiger partial charge in [0.15, 0.2) is 6.61 Å². The van der Waals surface area contributed by atoms with Gasteiger partial charge in [0.1, 0.15) is 5.75 Å². The number of esters is 1. The molecule has 1 N–H and O–H groups in total. The number of benzene rings is 1. The highest BCUT2D eigenvalue weighted by molar-refractivity contribution is 9.10. The molecule has 1 aliphatic heterocycles. The van der Waals surface area contributed by atoms with Crippen LogP contribution < -0.4 is 10.1 Å². The number of methoxy groups -OCH3 is 1. The second-order valence-electron chi connectivity index (χ2n) is 4.24. The molecule has 1 aromatic rings. The van der Waals surface area contributed by atoms with Crippen molar-refractivity contribution in [1.82, 2.24) is 5.32 Å². The summed E-state index contributed by atoms with van der Waals surface area (Å²) in [6.45, 7) is -0.135. The molecule has 0 atom stereocenters. The van der Waals surface area contributed by atoms with Crippen molar-refractivity contribution in [1.29, 1.82) is 0 Å². The fourth-order valence-corrected chi connectivity index (χ4v) is 2.78. The zero-order valence-electron chi connectivity index (χ0n) is 11.8. The first kappa shape index (κ1) is 16.6. The average Bonchev–Trinajstić information content (AvgIpc) is 2.54. The van der Waals surface area contributed by atoms with Gasteiger partial charge in [-0.15, -0.1) is 11.8 Å². The number of nitrogens with one attached hydrogen (secondary N) is 1. The van der Waals surface area contributed by atoms with Crippen LogP contribution in [-0.4, -0.2) is 31.3 Å². The number of ether oxygens (including phenoxy) is 2. The monoisotopic (exact) mass is 383 g/mol. The number of rotatable bonds is 5. The first-order valence-corrected chi connectivity index (χ1v) is 8.18. The van der Waals surface area contributed by atoms with E-state index >= 15 is 0 Å². The van der Waals surface area contributed by atoms with E-state index in [2.05, 4.69) is 21.2 Å². The Kier molecular flexibility index (Phi) is 6.09. The molecule has 0 fully saturated rings. The van der Waals surface area contributed by atoms with E-state index in [9.17, 15) is 9.59 Å². The average molecular weight is 384 g/mol. The van der Waals surface area contributed by atoms with Crippen LogP contribution >= 0.6 is 27.7 Å². The molecule has 5 nitrogen and oxygen atoms in total. The standard InChI is InChI=1S/C15H14BrNO4S/c1-20-15(19)12-3-2-8-22-14(12)17-13(18)9-21-11-6-4-10(16)5-7-11/h2-7H,8-9H2,1H3,(H,17,18). The second-order valence-corrected chi connectivity index (χ2v) is 6.18. The molecule has 0 bridgehead atoms. The van der Waals surface area contributed by atoms with Crippen molar-refractivity contribution >= 4 is 39.6 Å². The Balaban J connectivity index is 1.95. The molecule has 0 unspecified atom stereocenters. The first-order valence-electron chi connectivity index (χ1n) is 6.40. The van der Waals surface area contributed by atoms with E-state index in [1.807, 2.05) is 18.2 Å². The molecule has 0 aliphatic carbocycles. The second kappa shape index (κ2) is 8.05. The molecule has 7 heteroatoms. The molecule has 0 spiro atoms. The summed E-state index contributed by atoms with van der Waals surface area (Å²) in [5.41, 5.74) is 0.343. The Hall–Kier alpha value is -1.73. The first-order chi connectivity index (χ1) is 10.6. The van der Waals surface area contributed by atoms with E-state index in [0.29, 0.717) is 22.1 Å². The highest BCUT2D eigenvalue weighted by atomic mass is 79.9. The van der Waals surface area contributed by atoms with Gasteiger partial charge in [0.05, 0.1) is 17.7 Å². The van der Waals surface area contributed by atoms with Crippen molar-refractivity contribution in [2.24, 2.45) is 0 Å². The lowest BCUT2D eigenvalue weighted by molar-refractivity contribution is -0.135. The Morgan fingerprint density at radius 1 is 1.32 bits per heavy atom. The van der Waals surface area contributed by atoms with Crippen LogP contribution in [0.25, 0.3) is 0 Å². The quantitative estimate of drug-likeness (QED) is 0.791. The number of carbonyl (C=O) groups is 2.